The van der Waals surface area contributed by atoms with Crippen molar-refractivity contribution in [2.45, 2.75) is 19.1 Å². The number of nitrogens with zero attached hydrogens (tertiary/aromatic N) is 1. The fourth-order valence-corrected chi connectivity index (χ4v) is 4.80. The molecule has 5 nitrogen and oxygen atoms in total. The van der Waals surface area contributed by atoms with Gasteiger partial charge in [0.2, 0.25) is 0 Å². The van der Waals surface area contributed by atoms with Gasteiger partial charge in [-0.2, -0.15) is 0 Å². The fraction of sp³-hybridized carbons (Fsp3) is 0.278. The first-order valence-corrected chi connectivity index (χ1v) is 9.63. The van der Waals surface area contributed by atoms with Gasteiger partial charge in [0, 0.05) is 11.3 Å². The number of carbonyl (C=O) groups is 1. The molecule has 0 bridgehead atoms. The van der Waals surface area contributed by atoms with E-state index in [0.29, 0.717) is 5.69 Å². The molecule has 1 saturated heterocycles. The molecule has 0 aliphatic carbocycles. The zero-order valence-electron chi connectivity index (χ0n) is 13.6. The molecule has 1 heterocycles. The summed E-state index contributed by atoms with van der Waals surface area (Å²) < 4.78 is 37.0. The van der Waals surface area contributed by atoms with Crippen LogP contribution in [0, 0.1) is 12.7 Å². The van der Waals surface area contributed by atoms with E-state index in [-0.39, 0.29) is 17.1 Å². The highest BCUT2D eigenvalue weighted by Crippen LogP contribution is 2.27. The van der Waals surface area contributed by atoms with E-state index in [1.807, 2.05) is 13.0 Å². The van der Waals surface area contributed by atoms with E-state index < -0.39 is 33.7 Å². The molecule has 3 rings (SSSR count). The third-order valence-electron chi connectivity index (χ3n) is 4.21. The molecule has 0 saturated carbocycles. The molecule has 7 heteroatoms. The first-order chi connectivity index (χ1) is 11.8. The first-order valence-electron chi connectivity index (χ1n) is 7.81. The second-order valence-electron chi connectivity index (χ2n) is 6.23. The molecule has 132 valence electrons. The highest BCUT2D eigenvalue weighted by atomic mass is 32.2. The Morgan fingerprint density at radius 3 is 2.40 bits per heavy atom. The summed E-state index contributed by atoms with van der Waals surface area (Å²) in [6, 6.07) is 11.2. The summed E-state index contributed by atoms with van der Waals surface area (Å²) in [5.41, 5.74) is 1.61. The van der Waals surface area contributed by atoms with Crippen molar-refractivity contribution in [1.29, 1.82) is 0 Å². The number of aliphatic hydroxyl groups excluding tert-OH is 1. The highest BCUT2D eigenvalue weighted by molar-refractivity contribution is 7.91. The monoisotopic (exact) mass is 363 g/mol. The third-order valence-corrected chi connectivity index (χ3v) is 5.91. The van der Waals surface area contributed by atoms with Crippen molar-refractivity contribution < 1.29 is 22.7 Å². The standard InChI is InChI=1S/C18H18FNO4S/c1-12-3-2-4-15(9-12)20(16-10-25(23,24)11-17(16)21)18(22)13-5-7-14(19)8-6-13/h2-9,16-17,21H,10-11H2,1H3. The van der Waals surface area contributed by atoms with Crippen LogP contribution in [0.1, 0.15) is 15.9 Å². The Hall–Kier alpha value is -2.25. The van der Waals surface area contributed by atoms with Gasteiger partial charge in [0.1, 0.15) is 5.82 Å². The van der Waals surface area contributed by atoms with Gasteiger partial charge in [-0.05, 0) is 48.9 Å². The van der Waals surface area contributed by atoms with Gasteiger partial charge in [0.05, 0.1) is 23.7 Å². The number of amides is 1. The van der Waals surface area contributed by atoms with Crippen molar-refractivity contribution in [3.05, 3.63) is 65.5 Å². The molecule has 2 aromatic rings. The number of sulfone groups is 1. The molecule has 0 aromatic heterocycles. The van der Waals surface area contributed by atoms with Gasteiger partial charge in [-0.15, -0.1) is 0 Å². The molecule has 25 heavy (non-hydrogen) atoms. The first kappa shape index (κ1) is 17.6. The van der Waals surface area contributed by atoms with Crippen molar-refractivity contribution in [2.75, 3.05) is 16.4 Å². The number of hydrogen-bond acceptors (Lipinski definition) is 4. The molecule has 1 aliphatic rings. The molecule has 2 unspecified atom stereocenters. The normalized spacial score (nSPS) is 21.9. The van der Waals surface area contributed by atoms with Crippen LogP contribution in [0.4, 0.5) is 10.1 Å². The van der Waals surface area contributed by atoms with E-state index in [1.165, 1.54) is 29.2 Å². The zero-order valence-corrected chi connectivity index (χ0v) is 14.4. The van der Waals surface area contributed by atoms with Crippen molar-refractivity contribution in [3.63, 3.8) is 0 Å². The SMILES string of the molecule is Cc1cccc(N(C(=O)c2ccc(F)cc2)C2CS(=O)(=O)CC2O)c1. The lowest BCUT2D eigenvalue weighted by Crippen LogP contribution is -2.47. The average molecular weight is 363 g/mol. The smallest absolute Gasteiger partial charge is 0.258 e. The number of aliphatic hydroxyl groups is 1. The molecule has 1 aliphatic heterocycles. The van der Waals surface area contributed by atoms with E-state index in [9.17, 15) is 22.7 Å². The van der Waals surface area contributed by atoms with Crippen molar-refractivity contribution in [1.82, 2.24) is 0 Å². The zero-order chi connectivity index (χ0) is 18.2. The maximum absolute atomic E-state index is 13.1. The van der Waals surface area contributed by atoms with Crippen molar-refractivity contribution >= 4 is 21.4 Å². The minimum Gasteiger partial charge on any atom is -0.390 e. The Bertz CT molecular complexity index is 896. The average Bonchev–Trinajstić information content (AvgIpc) is 2.81. The molecule has 0 spiro atoms. The van der Waals surface area contributed by atoms with Crippen LogP contribution in [-0.2, 0) is 9.84 Å². The Morgan fingerprint density at radius 1 is 1.16 bits per heavy atom. The molecular formula is C18H18FNO4S. The summed E-state index contributed by atoms with van der Waals surface area (Å²) in [4.78, 5) is 14.3. The Morgan fingerprint density at radius 2 is 1.84 bits per heavy atom. The summed E-state index contributed by atoms with van der Waals surface area (Å²) in [6.07, 6.45) is -1.17. The van der Waals surface area contributed by atoms with Crippen LogP contribution in [0.25, 0.3) is 0 Å². The Kier molecular flexibility index (Phi) is 4.62. The van der Waals surface area contributed by atoms with Gasteiger partial charge in [-0.25, -0.2) is 12.8 Å². The van der Waals surface area contributed by atoms with Crippen molar-refractivity contribution in [3.8, 4) is 0 Å². The topological polar surface area (TPSA) is 74.7 Å². The number of carbonyl (C=O) groups excluding carboxylic acids is 1. The van der Waals surface area contributed by atoms with Crippen LogP contribution in [0.2, 0.25) is 0 Å². The number of anilines is 1. The lowest BCUT2D eigenvalue weighted by Gasteiger charge is -2.30. The van der Waals surface area contributed by atoms with Crippen molar-refractivity contribution in [2.24, 2.45) is 0 Å². The van der Waals surface area contributed by atoms with Gasteiger partial charge in [-0.3, -0.25) is 4.79 Å². The number of halogens is 1. The molecule has 1 N–H and O–H groups in total. The second kappa shape index (κ2) is 6.57. The lowest BCUT2D eigenvalue weighted by molar-refractivity contribution is 0.0945. The predicted octanol–water partition coefficient (Wildman–Crippen LogP) is 1.94. The fourth-order valence-electron chi connectivity index (χ4n) is 3.03. The molecular weight excluding hydrogens is 345 g/mol. The van der Waals surface area contributed by atoms with Gasteiger partial charge < -0.3 is 10.0 Å². The maximum Gasteiger partial charge on any atom is 0.258 e. The van der Waals surface area contributed by atoms with Gasteiger partial charge >= 0.3 is 0 Å². The molecule has 1 amide bonds. The van der Waals surface area contributed by atoms with Gasteiger partial charge in [0.15, 0.2) is 9.84 Å². The number of hydrogen-bond donors (Lipinski definition) is 1. The van der Waals surface area contributed by atoms with E-state index in [1.54, 1.807) is 18.2 Å². The lowest BCUT2D eigenvalue weighted by atomic mass is 10.1. The van der Waals surface area contributed by atoms with Crippen LogP contribution in [0.3, 0.4) is 0 Å². The molecule has 2 atom stereocenters. The van der Waals surface area contributed by atoms with E-state index in [2.05, 4.69) is 0 Å². The molecule has 0 radical (unpaired) electrons. The quantitative estimate of drug-likeness (QED) is 0.904. The summed E-state index contributed by atoms with van der Waals surface area (Å²) in [7, 11) is -3.43. The van der Waals surface area contributed by atoms with Crippen LogP contribution >= 0.6 is 0 Å². The summed E-state index contributed by atoms with van der Waals surface area (Å²) >= 11 is 0. The number of rotatable bonds is 3. The minimum atomic E-state index is -3.43. The van der Waals surface area contributed by atoms with E-state index >= 15 is 0 Å². The predicted molar refractivity (Wildman–Crippen MR) is 92.8 cm³/mol. The highest BCUT2D eigenvalue weighted by Gasteiger charge is 2.42. The van der Waals surface area contributed by atoms with E-state index in [4.69, 9.17) is 0 Å². The Labute approximate surface area is 145 Å². The van der Waals surface area contributed by atoms with Crippen LogP contribution in [0.5, 0.6) is 0 Å². The summed E-state index contributed by atoms with van der Waals surface area (Å²) in [5, 5.41) is 10.2. The Balaban J connectivity index is 2.06. The molecule has 2 aromatic carbocycles. The maximum atomic E-state index is 13.1. The minimum absolute atomic E-state index is 0.222. The third kappa shape index (κ3) is 3.72. The van der Waals surface area contributed by atoms with Gasteiger partial charge in [-0.1, -0.05) is 12.1 Å². The second-order valence-corrected chi connectivity index (χ2v) is 8.39. The largest absolute Gasteiger partial charge is 0.390 e. The van der Waals surface area contributed by atoms with Crippen LogP contribution in [0.15, 0.2) is 48.5 Å². The summed E-state index contributed by atoms with van der Waals surface area (Å²) in [6.45, 7) is 1.85. The van der Waals surface area contributed by atoms with Crippen LogP contribution in [-0.4, -0.2) is 43.1 Å². The number of aryl methyl sites for hydroxylation is 1. The van der Waals surface area contributed by atoms with Crippen LogP contribution < -0.4 is 4.90 Å². The van der Waals surface area contributed by atoms with E-state index in [0.717, 1.165) is 5.56 Å². The molecule has 1 fully saturated rings. The number of benzene rings is 2. The summed E-state index contributed by atoms with van der Waals surface area (Å²) in [5.74, 6) is -1.64. The van der Waals surface area contributed by atoms with Gasteiger partial charge in [0.25, 0.3) is 5.91 Å².